The fourth-order valence-electron chi connectivity index (χ4n) is 4.53. The van der Waals surface area contributed by atoms with Crippen LogP contribution in [0.25, 0.3) is 0 Å². The van der Waals surface area contributed by atoms with Gasteiger partial charge in [-0.3, -0.25) is 14.6 Å². The molecule has 1 aliphatic carbocycles. The first-order chi connectivity index (χ1) is 14.2. The molecule has 0 bridgehead atoms. The summed E-state index contributed by atoms with van der Waals surface area (Å²) in [6, 6.07) is 4.20. The van der Waals surface area contributed by atoms with E-state index in [0.29, 0.717) is 28.9 Å². The van der Waals surface area contributed by atoms with Crippen LogP contribution in [-0.2, 0) is 0 Å². The Hall–Kier alpha value is -2.35. The van der Waals surface area contributed by atoms with Crippen molar-refractivity contribution in [1.82, 2.24) is 9.78 Å². The van der Waals surface area contributed by atoms with Crippen LogP contribution in [0.5, 0.6) is 17.2 Å². The van der Waals surface area contributed by atoms with Gasteiger partial charge in [-0.15, -0.1) is 0 Å². The third-order valence-electron chi connectivity index (χ3n) is 5.92. The van der Waals surface area contributed by atoms with Crippen molar-refractivity contribution in [1.29, 1.82) is 0 Å². The highest BCUT2D eigenvalue weighted by atomic mass is 32.2. The number of aromatic nitrogens is 2. The summed E-state index contributed by atoms with van der Waals surface area (Å²) in [5, 5.41) is 3.89. The van der Waals surface area contributed by atoms with E-state index in [4.69, 9.17) is 19.2 Å². The molecule has 2 aliphatic heterocycles. The molecule has 7 nitrogen and oxygen atoms in total. The van der Waals surface area contributed by atoms with Crippen LogP contribution in [-0.4, -0.2) is 28.7 Å². The summed E-state index contributed by atoms with van der Waals surface area (Å²) in [4.78, 5) is 17.8. The normalized spacial score (nSPS) is 21.4. The smallest absolute Gasteiger partial charge is 0.271 e. The first-order valence-electron chi connectivity index (χ1n) is 10.2. The van der Waals surface area contributed by atoms with Crippen molar-refractivity contribution in [3.05, 3.63) is 33.6 Å². The molecule has 29 heavy (non-hydrogen) atoms. The standard InChI is InChI=1S/C21H25N3O4S/c1-12-22-20-17(21(25)23-24(20)14-7-5-3-4-6-8-14)19(29-12)13-9-15(26-2)18-16(10-13)27-11-28-18/h9-10,14,19H,3-8,11H2,1-2H3,(H,23,25)/t19-/m0/s1. The predicted octanol–water partition coefficient (Wildman–Crippen LogP) is 4.70. The number of aromatic amines is 1. The van der Waals surface area contributed by atoms with Gasteiger partial charge in [-0.1, -0.05) is 37.4 Å². The van der Waals surface area contributed by atoms with Crippen LogP contribution in [0, 0.1) is 0 Å². The van der Waals surface area contributed by atoms with Crippen molar-refractivity contribution in [3.63, 3.8) is 0 Å². The summed E-state index contributed by atoms with van der Waals surface area (Å²) < 4.78 is 18.7. The number of aliphatic imine (C=N–C) groups is 1. The predicted molar refractivity (Wildman–Crippen MR) is 113 cm³/mol. The Balaban J connectivity index is 1.60. The average Bonchev–Trinajstić information content (AvgIpc) is 3.21. The molecule has 1 N–H and O–H groups in total. The molecule has 0 amide bonds. The van der Waals surface area contributed by atoms with Crippen molar-refractivity contribution in [3.8, 4) is 17.2 Å². The monoisotopic (exact) mass is 415 g/mol. The highest BCUT2D eigenvalue weighted by molar-refractivity contribution is 8.14. The van der Waals surface area contributed by atoms with Gasteiger partial charge >= 0.3 is 0 Å². The molecule has 3 heterocycles. The Morgan fingerprint density at radius 2 is 2.00 bits per heavy atom. The van der Waals surface area contributed by atoms with Crippen molar-refractivity contribution in [2.24, 2.45) is 4.99 Å². The van der Waals surface area contributed by atoms with E-state index < -0.39 is 0 Å². The Morgan fingerprint density at radius 3 is 2.76 bits per heavy atom. The summed E-state index contributed by atoms with van der Waals surface area (Å²) >= 11 is 1.59. The molecular weight excluding hydrogens is 390 g/mol. The Morgan fingerprint density at radius 1 is 1.21 bits per heavy atom. The lowest BCUT2D eigenvalue weighted by molar-refractivity contribution is 0.171. The number of nitrogens with one attached hydrogen (secondary N) is 1. The van der Waals surface area contributed by atoms with Crippen LogP contribution in [0.1, 0.15) is 67.9 Å². The molecule has 1 fully saturated rings. The van der Waals surface area contributed by atoms with E-state index in [1.165, 1.54) is 25.7 Å². The largest absolute Gasteiger partial charge is 0.493 e. The molecule has 1 saturated carbocycles. The van der Waals surface area contributed by atoms with Crippen LogP contribution in [0.2, 0.25) is 0 Å². The second-order valence-corrected chi connectivity index (χ2v) is 9.08. The van der Waals surface area contributed by atoms with Gasteiger partial charge in [-0.25, -0.2) is 4.99 Å². The van der Waals surface area contributed by atoms with Crippen LogP contribution in [0.15, 0.2) is 21.9 Å². The molecule has 5 rings (SSSR count). The number of ether oxygens (including phenoxy) is 3. The van der Waals surface area contributed by atoms with E-state index in [0.717, 1.165) is 29.3 Å². The molecule has 1 aromatic carbocycles. The molecule has 154 valence electrons. The zero-order valence-corrected chi connectivity index (χ0v) is 17.5. The van der Waals surface area contributed by atoms with Crippen molar-refractivity contribution >= 4 is 22.6 Å². The number of H-pyrrole nitrogens is 1. The lowest BCUT2D eigenvalue weighted by atomic mass is 10.0. The minimum absolute atomic E-state index is 0.0605. The molecule has 3 aliphatic rings. The van der Waals surface area contributed by atoms with Gasteiger partial charge in [-0.05, 0) is 37.5 Å². The Kier molecular flexibility index (Phi) is 4.81. The quantitative estimate of drug-likeness (QED) is 0.736. The zero-order valence-electron chi connectivity index (χ0n) is 16.7. The Bertz CT molecular complexity index is 1020. The number of fused-ring (bicyclic) bond motifs is 2. The number of hydrogen-bond donors (Lipinski definition) is 1. The van der Waals surface area contributed by atoms with E-state index >= 15 is 0 Å². The average molecular weight is 416 g/mol. The van der Waals surface area contributed by atoms with Crippen LogP contribution >= 0.6 is 11.8 Å². The number of nitrogens with zero attached hydrogens (tertiary/aromatic N) is 2. The van der Waals surface area contributed by atoms with Gasteiger partial charge in [-0.2, -0.15) is 0 Å². The van der Waals surface area contributed by atoms with E-state index in [9.17, 15) is 4.79 Å². The maximum Gasteiger partial charge on any atom is 0.271 e. The summed E-state index contributed by atoms with van der Waals surface area (Å²) in [6.07, 6.45) is 7.09. The molecule has 2 aromatic rings. The van der Waals surface area contributed by atoms with Gasteiger partial charge in [0.25, 0.3) is 5.56 Å². The maximum atomic E-state index is 13.0. The number of hydrogen-bond acceptors (Lipinski definition) is 6. The molecular formula is C21H25N3O4S. The summed E-state index contributed by atoms with van der Waals surface area (Å²) in [7, 11) is 1.61. The van der Waals surface area contributed by atoms with Crippen molar-refractivity contribution in [2.75, 3.05) is 13.9 Å². The van der Waals surface area contributed by atoms with Crippen LogP contribution in [0.3, 0.4) is 0 Å². The number of methoxy groups -OCH3 is 1. The third kappa shape index (κ3) is 3.23. The van der Waals surface area contributed by atoms with E-state index in [1.807, 2.05) is 23.7 Å². The van der Waals surface area contributed by atoms with Gasteiger partial charge in [0.2, 0.25) is 12.5 Å². The van der Waals surface area contributed by atoms with Crippen LogP contribution < -0.4 is 19.8 Å². The van der Waals surface area contributed by atoms with Crippen LogP contribution in [0.4, 0.5) is 5.82 Å². The van der Waals surface area contributed by atoms with Crippen molar-refractivity contribution in [2.45, 2.75) is 56.7 Å². The first kappa shape index (κ1) is 18.7. The molecule has 8 heteroatoms. The minimum Gasteiger partial charge on any atom is -0.493 e. The molecule has 0 saturated heterocycles. The molecule has 0 spiro atoms. The number of thioether (sulfide) groups is 1. The first-order valence-corrected chi connectivity index (χ1v) is 11.1. The van der Waals surface area contributed by atoms with Crippen molar-refractivity contribution < 1.29 is 14.2 Å². The third-order valence-corrected chi connectivity index (χ3v) is 7.10. The molecule has 0 unspecified atom stereocenters. The number of benzene rings is 1. The SMILES string of the molecule is COc1cc([C@@H]2SC(C)=Nc3c2c(=O)[nH]n3C2CCCCCC2)cc2c1OCO2. The second kappa shape index (κ2) is 7.48. The van der Waals surface area contributed by atoms with E-state index in [-0.39, 0.29) is 17.6 Å². The van der Waals surface area contributed by atoms with Gasteiger partial charge in [0.05, 0.1) is 29.0 Å². The minimum atomic E-state index is -0.165. The van der Waals surface area contributed by atoms with E-state index in [2.05, 4.69) is 5.10 Å². The molecule has 0 radical (unpaired) electrons. The summed E-state index contributed by atoms with van der Waals surface area (Å²) in [6.45, 7) is 2.18. The zero-order chi connectivity index (χ0) is 20.0. The van der Waals surface area contributed by atoms with Gasteiger partial charge < -0.3 is 14.2 Å². The second-order valence-electron chi connectivity index (χ2n) is 7.78. The lowest BCUT2D eigenvalue weighted by Gasteiger charge is -2.23. The highest BCUT2D eigenvalue weighted by Crippen LogP contribution is 2.49. The van der Waals surface area contributed by atoms with Gasteiger partial charge in [0.1, 0.15) is 0 Å². The molecule has 1 aromatic heterocycles. The van der Waals surface area contributed by atoms with E-state index in [1.54, 1.807) is 18.9 Å². The summed E-state index contributed by atoms with van der Waals surface area (Å²) in [5.74, 6) is 2.67. The Labute approximate surface area is 173 Å². The fraction of sp³-hybridized carbons (Fsp3) is 0.524. The molecule has 1 atom stereocenters. The fourth-order valence-corrected chi connectivity index (χ4v) is 5.61. The van der Waals surface area contributed by atoms with Gasteiger partial charge in [0, 0.05) is 0 Å². The summed E-state index contributed by atoms with van der Waals surface area (Å²) in [5.41, 5.74) is 1.61. The number of rotatable bonds is 3. The topological polar surface area (TPSA) is 77.8 Å². The highest BCUT2D eigenvalue weighted by Gasteiger charge is 2.34. The van der Waals surface area contributed by atoms with Gasteiger partial charge in [0.15, 0.2) is 17.3 Å². The lowest BCUT2D eigenvalue weighted by Crippen LogP contribution is -2.14. The maximum absolute atomic E-state index is 13.0.